The minimum absolute atomic E-state index is 0.0199. The average Bonchev–Trinajstić information content (AvgIpc) is 2.37. The zero-order valence-corrected chi connectivity index (χ0v) is 9.23. The Morgan fingerprint density at radius 3 is 2.65 bits per heavy atom. The van der Waals surface area contributed by atoms with E-state index in [4.69, 9.17) is 5.11 Å². The number of benzene rings is 1. The quantitative estimate of drug-likeness (QED) is 0.795. The molecule has 2 N–H and O–H groups in total. The lowest BCUT2D eigenvalue weighted by atomic mass is 10.1. The van der Waals surface area contributed by atoms with E-state index in [1.165, 1.54) is 6.07 Å². The zero-order valence-electron chi connectivity index (χ0n) is 9.23. The van der Waals surface area contributed by atoms with Gasteiger partial charge in [-0.3, -0.25) is 0 Å². The smallest absolute Gasteiger partial charge is 0.214 e. The SMILES string of the molecule is OCc1cccc(CNc2cccc(F)n2)c1. The molecule has 4 heteroatoms. The fourth-order valence-electron chi connectivity index (χ4n) is 1.54. The van der Waals surface area contributed by atoms with E-state index in [-0.39, 0.29) is 6.61 Å². The lowest BCUT2D eigenvalue weighted by Gasteiger charge is -2.06. The number of nitrogens with zero attached hydrogens (tertiary/aromatic N) is 1. The molecule has 2 aromatic rings. The summed E-state index contributed by atoms with van der Waals surface area (Å²) < 4.78 is 12.8. The maximum Gasteiger partial charge on any atom is 0.214 e. The van der Waals surface area contributed by atoms with Gasteiger partial charge in [-0.15, -0.1) is 0 Å². The number of rotatable bonds is 4. The molecular formula is C13H13FN2O. The Morgan fingerprint density at radius 2 is 1.88 bits per heavy atom. The van der Waals surface area contributed by atoms with E-state index in [1.807, 2.05) is 24.3 Å². The number of halogens is 1. The van der Waals surface area contributed by atoms with Crippen LogP contribution in [0.15, 0.2) is 42.5 Å². The third kappa shape index (κ3) is 3.26. The topological polar surface area (TPSA) is 45.1 Å². The summed E-state index contributed by atoms with van der Waals surface area (Å²) in [6.45, 7) is 0.566. The van der Waals surface area contributed by atoms with Gasteiger partial charge < -0.3 is 10.4 Å². The Bertz CT molecular complexity index is 502. The van der Waals surface area contributed by atoms with Gasteiger partial charge in [0.2, 0.25) is 5.95 Å². The summed E-state index contributed by atoms with van der Waals surface area (Å²) in [6.07, 6.45) is 0. The molecule has 88 valence electrons. The van der Waals surface area contributed by atoms with Crippen LogP contribution in [-0.4, -0.2) is 10.1 Å². The molecule has 0 aliphatic rings. The van der Waals surface area contributed by atoms with Crippen molar-refractivity contribution in [3.05, 3.63) is 59.5 Å². The van der Waals surface area contributed by atoms with Crippen LogP contribution < -0.4 is 5.32 Å². The van der Waals surface area contributed by atoms with Crippen molar-refractivity contribution in [1.82, 2.24) is 4.98 Å². The van der Waals surface area contributed by atoms with Gasteiger partial charge in [0.1, 0.15) is 5.82 Å². The highest BCUT2D eigenvalue weighted by molar-refractivity contribution is 5.35. The molecule has 0 aliphatic carbocycles. The molecule has 0 saturated carbocycles. The molecule has 0 saturated heterocycles. The molecule has 0 unspecified atom stereocenters. The fourth-order valence-corrected chi connectivity index (χ4v) is 1.54. The Morgan fingerprint density at radius 1 is 1.12 bits per heavy atom. The van der Waals surface area contributed by atoms with Crippen LogP contribution >= 0.6 is 0 Å². The molecule has 3 nitrogen and oxygen atoms in total. The lowest BCUT2D eigenvalue weighted by molar-refractivity contribution is 0.281. The molecule has 0 bridgehead atoms. The van der Waals surface area contributed by atoms with E-state index in [1.54, 1.807) is 12.1 Å². The predicted octanol–water partition coefficient (Wildman–Crippen LogP) is 2.33. The van der Waals surface area contributed by atoms with E-state index >= 15 is 0 Å². The van der Waals surface area contributed by atoms with Crippen molar-refractivity contribution in [2.45, 2.75) is 13.2 Å². The molecule has 17 heavy (non-hydrogen) atoms. The van der Waals surface area contributed by atoms with Gasteiger partial charge in [-0.1, -0.05) is 30.3 Å². The largest absolute Gasteiger partial charge is 0.392 e. The number of aromatic nitrogens is 1. The second kappa shape index (κ2) is 5.41. The van der Waals surface area contributed by atoms with E-state index in [2.05, 4.69) is 10.3 Å². The number of aliphatic hydroxyl groups is 1. The third-order valence-corrected chi connectivity index (χ3v) is 2.36. The number of aliphatic hydroxyl groups excluding tert-OH is 1. The van der Waals surface area contributed by atoms with E-state index in [0.29, 0.717) is 12.4 Å². The highest BCUT2D eigenvalue weighted by atomic mass is 19.1. The Kier molecular flexibility index (Phi) is 3.67. The van der Waals surface area contributed by atoms with Crippen LogP contribution in [-0.2, 0) is 13.2 Å². The number of pyridine rings is 1. The second-order valence-corrected chi connectivity index (χ2v) is 3.68. The van der Waals surface area contributed by atoms with Crippen LogP contribution in [0, 0.1) is 5.95 Å². The molecular weight excluding hydrogens is 219 g/mol. The van der Waals surface area contributed by atoms with E-state index in [9.17, 15) is 4.39 Å². The summed E-state index contributed by atoms with van der Waals surface area (Å²) >= 11 is 0. The summed E-state index contributed by atoms with van der Waals surface area (Å²) in [5.74, 6) is -0.00138. The van der Waals surface area contributed by atoms with Crippen molar-refractivity contribution < 1.29 is 9.50 Å². The summed E-state index contributed by atoms with van der Waals surface area (Å²) in [4.78, 5) is 3.70. The van der Waals surface area contributed by atoms with Crippen LogP contribution in [0.5, 0.6) is 0 Å². The highest BCUT2D eigenvalue weighted by Crippen LogP contribution is 2.09. The molecule has 1 aromatic heterocycles. The predicted molar refractivity (Wildman–Crippen MR) is 63.9 cm³/mol. The van der Waals surface area contributed by atoms with Crippen molar-refractivity contribution in [3.63, 3.8) is 0 Å². The molecule has 0 radical (unpaired) electrons. The first-order valence-corrected chi connectivity index (χ1v) is 5.33. The Labute approximate surface area is 98.9 Å². The van der Waals surface area contributed by atoms with Crippen LogP contribution in [0.3, 0.4) is 0 Å². The lowest BCUT2D eigenvalue weighted by Crippen LogP contribution is -2.02. The first-order chi connectivity index (χ1) is 8.28. The molecule has 1 heterocycles. The van der Waals surface area contributed by atoms with Crippen molar-refractivity contribution >= 4 is 5.82 Å². The van der Waals surface area contributed by atoms with Gasteiger partial charge in [0.05, 0.1) is 6.61 Å². The van der Waals surface area contributed by atoms with Crippen LogP contribution in [0.2, 0.25) is 0 Å². The van der Waals surface area contributed by atoms with Gasteiger partial charge >= 0.3 is 0 Å². The summed E-state index contributed by atoms with van der Waals surface area (Å²) in [7, 11) is 0. The number of hydrogen-bond acceptors (Lipinski definition) is 3. The van der Waals surface area contributed by atoms with Crippen molar-refractivity contribution in [3.8, 4) is 0 Å². The number of anilines is 1. The van der Waals surface area contributed by atoms with Crippen LogP contribution in [0.1, 0.15) is 11.1 Å². The van der Waals surface area contributed by atoms with Gasteiger partial charge in [-0.2, -0.15) is 4.39 Å². The van der Waals surface area contributed by atoms with Crippen molar-refractivity contribution in [1.29, 1.82) is 0 Å². The molecule has 1 aromatic carbocycles. The van der Waals surface area contributed by atoms with Crippen LogP contribution in [0.4, 0.5) is 10.2 Å². The highest BCUT2D eigenvalue weighted by Gasteiger charge is 1.98. The molecule has 0 amide bonds. The fraction of sp³-hybridized carbons (Fsp3) is 0.154. The van der Waals surface area contributed by atoms with Gasteiger partial charge in [0.15, 0.2) is 0 Å². The first-order valence-electron chi connectivity index (χ1n) is 5.33. The maximum atomic E-state index is 12.8. The van der Waals surface area contributed by atoms with Crippen molar-refractivity contribution in [2.75, 3.05) is 5.32 Å². The first kappa shape index (κ1) is 11.5. The molecule has 0 spiro atoms. The minimum Gasteiger partial charge on any atom is -0.392 e. The molecule has 0 aliphatic heterocycles. The summed E-state index contributed by atoms with van der Waals surface area (Å²) in [5.41, 5.74) is 1.87. The molecule has 2 rings (SSSR count). The second-order valence-electron chi connectivity index (χ2n) is 3.68. The van der Waals surface area contributed by atoms with Gasteiger partial charge in [-0.25, -0.2) is 4.98 Å². The summed E-state index contributed by atoms with van der Waals surface area (Å²) in [5, 5.41) is 12.0. The van der Waals surface area contributed by atoms with Gasteiger partial charge in [0, 0.05) is 6.54 Å². The van der Waals surface area contributed by atoms with E-state index in [0.717, 1.165) is 11.1 Å². The Balaban J connectivity index is 2.02. The number of nitrogens with one attached hydrogen (secondary N) is 1. The minimum atomic E-state index is -0.501. The number of hydrogen-bond donors (Lipinski definition) is 2. The standard InChI is InChI=1S/C13H13FN2O/c14-12-5-2-6-13(16-12)15-8-10-3-1-4-11(7-10)9-17/h1-7,17H,8-9H2,(H,15,16). The van der Waals surface area contributed by atoms with Gasteiger partial charge in [-0.05, 0) is 23.3 Å². The monoisotopic (exact) mass is 232 g/mol. The van der Waals surface area contributed by atoms with Crippen molar-refractivity contribution in [2.24, 2.45) is 0 Å². The summed E-state index contributed by atoms with van der Waals surface area (Å²) in [6, 6.07) is 12.2. The van der Waals surface area contributed by atoms with Crippen LogP contribution in [0.25, 0.3) is 0 Å². The normalized spacial score (nSPS) is 10.2. The molecule has 0 atom stereocenters. The maximum absolute atomic E-state index is 12.8. The average molecular weight is 232 g/mol. The van der Waals surface area contributed by atoms with E-state index < -0.39 is 5.95 Å². The zero-order chi connectivity index (χ0) is 12.1. The van der Waals surface area contributed by atoms with Gasteiger partial charge in [0.25, 0.3) is 0 Å². The third-order valence-electron chi connectivity index (χ3n) is 2.36. The Hall–Kier alpha value is -1.94. The molecule has 0 fully saturated rings.